The predicted octanol–water partition coefficient (Wildman–Crippen LogP) is 3.49. The summed E-state index contributed by atoms with van der Waals surface area (Å²) in [4.78, 5) is 15.0. The Balaban J connectivity index is 2.46. The fraction of sp³-hybridized carbons (Fsp3) is 0.235. The molecule has 0 aliphatic heterocycles. The van der Waals surface area contributed by atoms with Gasteiger partial charge in [0.25, 0.3) is 0 Å². The van der Waals surface area contributed by atoms with Crippen LogP contribution in [0.2, 0.25) is 0 Å². The summed E-state index contributed by atoms with van der Waals surface area (Å²) in [6.45, 7) is 4.12. The highest BCUT2D eigenvalue weighted by molar-refractivity contribution is 5.88. The third-order valence-electron chi connectivity index (χ3n) is 3.03. The Morgan fingerprint density at radius 1 is 1.43 bits per heavy atom. The van der Waals surface area contributed by atoms with Gasteiger partial charge in [0.05, 0.1) is 23.4 Å². The SMILES string of the molecule is CC(C)COc1c(F)cc(-c2cc(C(=O)O)ccn2)cc1C#N. The van der Waals surface area contributed by atoms with E-state index in [4.69, 9.17) is 9.84 Å². The van der Waals surface area contributed by atoms with Gasteiger partial charge in [-0.1, -0.05) is 13.8 Å². The molecule has 0 saturated heterocycles. The van der Waals surface area contributed by atoms with Crippen molar-refractivity contribution in [3.63, 3.8) is 0 Å². The minimum Gasteiger partial charge on any atom is -0.489 e. The van der Waals surface area contributed by atoms with E-state index in [-0.39, 0.29) is 35.1 Å². The molecule has 0 amide bonds. The second-order valence-corrected chi connectivity index (χ2v) is 5.39. The van der Waals surface area contributed by atoms with E-state index in [1.165, 1.54) is 30.5 Å². The number of rotatable bonds is 5. The van der Waals surface area contributed by atoms with E-state index in [1.54, 1.807) is 0 Å². The Hall–Kier alpha value is -2.94. The molecular weight excluding hydrogens is 299 g/mol. The molecule has 0 radical (unpaired) electrons. The first-order chi connectivity index (χ1) is 10.9. The zero-order valence-corrected chi connectivity index (χ0v) is 12.7. The molecule has 0 bridgehead atoms. The molecule has 0 saturated carbocycles. The summed E-state index contributed by atoms with van der Waals surface area (Å²) in [5.41, 5.74) is 0.673. The van der Waals surface area contributed by atoms with Crippen LogP contribution in [0.3, 0.4) is 0 Å². The molecule has 0 fully saturated rings. The molecule has 0 aliphatic carbocycles. The van der Waals surface area contributed by atoms with Crippen LogP contribution < -0.4 is 4.74 Å². The number of hydrogen-bond acceptors (Lipinski definition) is 4. The first-order valence-corrected chi connectivity index (χ1v) is 6.98. The number of nitriles is 1. The normalized spacial score (nSPS) is 10.4. The molecule has 0 atom stereocenters. The molecular formula is C17H15FN2O3. The maximum Gasteiger partial charge on any atom is 0.335 e. The molecule has 1 aromatic heterocycles. The molecule has 0 aliphatic rings. The Bertz CT molecular complexity index is 782. The fourth-order valence-electron chi connectivity index (χ4n) is 1.94. The molecule has 6 heteroatoms. The Morgan fingerprint density at radius 2 is 2.17 bits per heavy atom. The molecule has 5 nitrogen and oxygen atoms in total. The van der Waals surface area contributed by atoms with Crippen molar-refractivity contribution in [2.45, 2.75) is 13.8 Å². The molecule has 2 rings (SSSR count). The van der Waals surface area contributed by atoms with Gasteiger partial charge in [-0.05, 0) is 30.2 Å². The highest BCUT2D eigenvalue weighted by Gasteiger charge is 2.15. The lowest BCUT2D eigenvalue weighted by Crippen LogP contribution is -2.07. The van der Waals surface area contributed by atoms with Crippen LogP contribution in [0.5, 0.6) is 5.75 Å². The van der Waals surface area contributed by atoms with Crippen molar-refractivity contribution < 1.29 is 19.0 Å². The zero-order valence-electron chi connectivity index (χ0n) is 12.7. The van der Waals surface area contributed by atoms with E-state index < -0.39 is 11.8 Å². The van der Waals surface area contributed by atoms with Gasteiger partial charge in [0.2, 0.25) is 0 Å². The number of carboxylic acids is 1. The third kappa shape index (κ3) is 3.83. The number of nitrogens with zero attached hydrogens (tertiary/aromatic N) is 2. The van der Waals surface area contributed by atoms with Gasteiger partial charge in [-0.15, -0.1) is 0 Å². The second-order valence-electron chi connectivity index (χ2n) is 5.39. The van der Waals surface area contributed by atoms with Gasteiger partial charge in [0.1, 0.15) is 6.07 Å². The van der Waals surface area contributed by atoms with Crippen LogP contribution in [-0.4, -0.2) is 22.7 Å². The minimum absolute atomic E-state index is 0.0362. The second kappa shape index (κ2) is 6.88. The van der Waals surface area contributed by atoms with Crippen LogP contribution >= 0.6 is 0 Å². The maximum atomic E-state index is 14.3. The van der Waals surface area contributed by atoms with Crippen molar-refractivity contribution in [2.75, 3.05) is 6.61 Å². The van der Waals surface area contributed by atoms with Crippen LogP contribution in [-0.2, 0) is 0 Å². The first-order valence-electron chi connectivity index (χ1n) is 6.98. The van der Waals surface area contributed by atoms with Crippen molar-refractivity contribution in [2.24, 2.45) is 5.92 Å². The van der Waals surface area contributed by atoms with Crippen molar-refractivity contribution in [1.29, 1.82) is 5.26 Å². The average molecular weight is 314 g/mol. The smallest absolute Gasteiger partial charge is 0.335 e. The van der Waals surface area contributed by atoms with Gasteiger partial charge in [0, 0.05) is 11.8 Å². The van der Waals surface area contributed by atoms with Crippen molar-refractivity contribution in [1.82, 2.24) is 4.98 Å². The molecule has 2 aromatic rings. The lowest BCUT2D eigenvalue weighted by molar-refractivity contribution is 0.0697. The average Bonchev–Trinajstić information content (AvgIpc) is 2.52. The van der Waals surface area contributed by atoms with Gasteiger partial charge in [-0.25, -0.2) is 9.18 Å². The summed E-state index contributed by atoms with van der Waals surface area (Å²) in [5, 5.41) is 18.2. The minimum atomic E-state index is -1.11. The number of pyridine rings is 1. The van der Waals surface area contributed by atoms with E-state index >= 15 is 0 Å². The predicted molar refractivity (Wildman–Crippen MR) is 81.6 cm³/mol. The number of halogens is 1. The van der Waals surface area contributed by atoms with E-state index in [0.29, 0.717) is 5.56 Å². The van der Waals surface area contributed by atoms with Crippen LogP contribution in [0.4, 0.5) is 4.39 Å². The molecule has 1 heterocycles. The first kappa shape index (κ1) is 16.4. The number of hydrogen-bond donors (Lipinski definition) is 1. The highest BCUT2D eigenvalue weighted by atomic mass is 19.1. The molecule has 1 N–H and O–H groups in total. The quantitative estimate of drug-likeness (QED) is 0.913. The summed E-state index contributed by atoms with van der Waals surface area (Å²) >= 11 is 0. The van der Waals surface area contributed by atoms with E-state index in [9.17, 15) is 14.4 Å². The number of carboxylic acid groups (broad SMARTS) is 1. The van der Waals surface area contributed by atoms with Gasteiger partial charge in [-0.3, -0.25) is 4.98 Å². The van der Waals surface area contributed by atoms with E-state index in [2.05, 4.69) is 4.98 Å². The highest BCUT2D eigenvalue weighted by Crippen LogP contribution is 2.29. The van der Waals surface area contributed by atoms with Crippen molar-refractivity contribution in [3.05, 3.63) is 47.4 Å². The zero-order chi connectivity index (χ0) is 17.0. The molecule has 0 unspecified atom stereocenters. The van der Waals surface area contributed by atoms with Gasteiger partial charge < -0.3 is 9.84 Å². The summed E-state index contributed by atoms with van der Waals surface area (Å²) in [6, 6.07) is 7.19. The Kier molecular flexibility index (Phi) is 4.91. The monoisotopic (exact) mass is 314 g/mol. The van der Waals surface area contributed by atoms with Crippen LogP contribution in [0.1, 0.15) is 29.8 Å². The fourth-order valence-corrected chi connectivity index (χ4v) is 1.94. The van der Waals surface area contributed by atoms with Crippen LogP contribution in [0.15, 0.2) is 30.5 Å². The number of benzene rings is 1. The largest absolute Gasteiger partial charge is 0.489 e. The summed E-state index contributed by atoms with van der Waals surface area (Å²) in [5.74, 6) is -1.69. The number of aromatic carboxylic acids is 1. The maximum absolute atomic E-state index is 14.3. The van der Waals surface area contributed by atoms with Gasteiger partial charge >= 0.3 is 5.97 Å². The topological polar surface area (TPSA) is 83.2 Å². The molecule has 23 heavy (non-hydrogen) atoms. The number of aromatic nitrogens is 1. The molecule has 118 valence electrons. The summed E-state index contributed by atoms with van der Waals surface area (Å²) in [7, 11) is 0. The van der Waals surface area contributed by atoms with Crippen molar-refractivity contribution in [3.8, 4) is 23.1 Å². The number of ether oxygens (including phenoxy) is 1. The third-order valence-corrected chi connectivity index (χ3v) is 3.03. The Labute approximate surface area is 133 Å². The summed E-state index contributed by atoms with van der Waals surface area (Å²) in [6.07, 6.45) is 1.33. The van der Waals surface area contributed by atoms with E-state index in [0.717, 1.165) is 0 Å². The lowest BCUT2D eigenvalue weighted by atomic mass is 10.0. The summed E-state index contributed by atoms with van der Waals surface area (Å²) < 4.78 is 19.6. The standard InChI is InChI=1S/C17H15FN2O3/c1-10(2)9-23-16-13(8-19)5-12(6-14(16)18)15-7-11(17(21)22)3-4-20-15/h3-7,10H,9H2,1-2H3,(H,21,22). The van der Waals surface area contributed by atoms with Gasteiger partial charge in [0.15, 0.2) is 11.6 Å². The Morgan fingerprint density at radius 3 is 2.78 bits per heavy atom. The van der Waals surface area contributed by atoms with Crippen LogP contribution in [0, 0.1) is 23.1 Å². The lowest BCUT2D eigenvalue weighted by Gasteiger charge is -2.12. The van der Waals surface area contributed by atoms with E-state index in [1.807, 2.05) is 19.9 Å². The van der Waals surface area contributed by atoms with Crippen molar-refractivity contribution >= 4 is 5.97 Å². The molecule has 0 spiro atoms. The van der Waals surface area contributed by atoms with Crippen LogP contribution in [0.25, 0.3) is 11.3 Å². The molecule has 1 aromatic carbocycles. The van der Waals surface area contributed by atoms with Gasteiger partial charge in [-0.2, -0.15) is 5.26 Å². The number of carbonyl (C=O) groups is 1.